The molecule has 77 heavy (non-hydrogen) atoms. The van der Waals surface area contributed by atoms with Crippen molar-refractivity contribution in [2.75, 3.05) is 25.5 Å². The molecule has 1 N–H and O–H groups in total. The number of hydrogen-bond donors (Lipinski definition) is 1. The molecule has 0 bridgehead atoms. The zero-order chi connectivity index (χ0) is 55.3. The Balaban J connectivity index is 1.06. The van der Waals surface area contributed by atoms with E-state index in [1.165, 1.54) is 11.8 Å². The molecule has 11 nitrogen and oxygen atoms in total. The molecule has 1 saturated heterocycles. The first-order chi connectivity index (χ1) is 36.9. The van der Waals surface area contributed by atoms with E-state index in [-0.39, 0.29) is 37.4 Å². The van der Waals surface area contributed by atoms with Gasteiger partial charge in [-0.25, -0.2) is 14.4 Å². The van der Waals surface area contributed by atoms with Crippen LogP contribution in [0.4, 0.5) is 4.79 Å². The summed E-state index contributed by atoms with van der Waals surface area (Å²) in [7, 11) is 0. The van der Waals surface area contributed by atoms with Gasteiger partial charge >= 0.3 is 24.0 Å². The fourth-order valence-corrected chi connectivity index (χ4v) is 12.0. The van der Waals surface area contributed by atoms with Crippen LogP contribution in [0.25, 0.3) is 11.1 Å². The minimum absolute atomic E-state index is 0.115. The molecule has 6 atom stereocenters. The molecular weight excluding hydrogens is 985 g/mol. The number of thioether (sulfide) groups is 1. The van der Waals surface area contributed by atoms with E-state index in [1.54, 1.807) is 31.7 Å². The lowest BCUT2D eigenvalue weighted by molar-refractivity contribution is -0.161. The summed E-state index contributed by atoms with van der Waals surface area (Å²) >= 11 is 1.65. The zero-order valence-corrected chi connectivity index (χ0v) is 47.0. The number of carbonyl (C=O) groups excluding carboxylic acids is 5. The van der Waals surface area contributed by atoms with E-state index in [4.69, 9.17) is 18.9 Å². The SMILES string of the molecule is CC(=O)O[C@@H](C[C@H](C)C[C@H](OC(=O)[C@@H]1CCCN1C(=O)OCC1c2ccccc2-c2ccccc21)C(C)(C)C)[C@H](C)C(=O)N[C@@H](/C=C(\C)C(=O)OCC=C(C)C)CSC(c1ccccc1)(c1ccccc1)c1ccccc1. The van der Waals surface area contributed by atoms with Crippen LogP contribution in [0.5, 0.6) is 0 Å². The van der Waals surface area contributed by atoms with Crippen molar-refractivity contribution in [2.24, 2.45) is 17.3 Å². The van der Waals surface area contributed by atoms with E-state index >= 15 is 0 Å². The van der Waals surface area contributed by atoms with Crippen molar-refractivity contribution in [3.8, 4) is 11.1 Å². The molecule has 2 aliphatic rings. The first-order valence-corrected chi connectivity index (χ1v) is 27.9. The summed E-state index contributed by atoms with van der Waals surface area (Å²) in [5, 5.41) is 3.24. The van der Waals surface area contributed by atoms with Gasteiger partial charge in [-0.15, -0.1) is 11.8 Å². The molecule has 0 aromatic heterocycles. The molecule has 12 heteroatoms. The highest BCUT2D eigenvalue weighted by atomic mass is 32.2. The summed E-state index contributed by atoms with van der Waals surface area (Å²) in [6.07, 6.45) is 3.38. The van der Waals surface area contributed by atoms with Crippen LogP contribution in [0, 0.1) is 17.3 Å². The zero-order valence-electron chi connectivity index (χ0n) is 46.2. The van der Waals surface area contributed by atoms with E-state index in [1.807, 2.05) is 126 Å². The van der Waals surface area contributed by atoms with Crippen LogP contribution in [0.1, 0.15) is 122 Å². The Bertz CT molecular complexity index is 2730. The molecule has 7 rings (SSSR count). The standard InChI is InChI=1S/C65H76N2O9S/c1-43(2)35-37-73-61(70)45(4)40-51(42-77-65(48-24-13-10-14-25-48,49-26-15-11-16-27-49)50-28-17-12-18-29-50)66-60(69)46(5)58(75-47(6)68)38-44(3)39-59(64(7,8)9)76-62(71)57-34-23-36-67(57)63(72)74-41-56-54-32-21-19-30-52(54)53-31-20-22-33-55(53)56/h10-22,24-33,35,40,44,46,51,56-59H,23,34,36-39,41-42H2,1-9H3,(H,66,69)/b45-40+/t44-,46-,51-,57-,58-,59-/m0/s1. The summed E-state index contributed by atoms with van der Waals surface area (Å²) < 4.78 is 23.2. The van der Waals surface area contributed by atoms with Crippen molar-refractivity contribution in [2.45, 2.75) is 123 Å². The Morgan fingerprint density at radius 2 is 1.23 bits per heavy atom. The second-order valence-corrected chi connectivity index (χ2v) is 23.1. The lowest BCUT2D eigenvalue weighted by atomic mass is 9.81. The topological polar surface area (TPSA) is 138 Å². The molecule has 1 fully saturated rings. The fourth-order valence-electron chi connectivity index (χ4n) is 10.5. The third-order valence-electron chi connectivity index (χ3n) is 14.7. The average molecular weight is 1060 g/mol. The second-order valence-electron chi connectivity index (χ2n) is 21.9. The molecule has 2 amide bonds. The lowest BCUT2D eigenvalue weighted by Gasteiger charge is -2.37. The quantitative estimate of drug-likeness (QED) is 0.0234. The number of nitrogens with one attached hydrogen (secondary N) is 1. The van der Waals surface area contributed by atoms with Gasteiger partial charge in [0.15, 0.2) is 0 Å². The van der Waals surface area contributed by atoms with Gasteiger partial charge < -0.3 is 24.3 Å². The third kappa shape index (κ3) is 14.6. The first-order valence-electron chi connectivity index (χ1n) is 27.0. The number of esters is 3. The summed E-state index contributed by atoms with van der Waals surface area (Å²) in [4.78, 5) is 70.4. The summed E-state index contributed by atoms with van der Waals surface area (Å²) in [6.45, 7) is 17.3. The fraction of sp³-hybridized carbons (Fsp3) is 0.400. The van der Waals surface area contributed by atoms with Crippen molar-refractivity contribution >= 4 is 41.7 Å². The van der Waals surface area contributed by atoms with Gasteiger partial charge in [0.05, 0.1) is 16.7 Å². The van der Waals surface area contributed by atoms with Crippen molar-refractivity contribution < 1.29 is 42.9 Å². The summed E-state index contributed by atoms with van der Waals surface area (Å²) in [6, 6.07) is 45.6. The minimum Gasteiger partial charge on any atom is -0.462 e. The Kier molecular flexibility index (Phi) is 19.8. The number of amides is 2. The Hall–Kier alpha value is -6.92. The van der Waals surface area contributed by atoms with Gasteiger partial charge in [-0.2, -0.15) is 0 Å². The Morgan fingerprint density at radius 1 is 0.701 bits per heavy atom. The average Bonchev–Trinajstić information content (AvgIpc) is 4.05. The maximum Gasteiger partial charge on any atom is 0.410 e. The number of hydrogen-bond acceptors (Lipinski definition) is 10. The molecule has 1 aliphatic heterocycles. The molecule has 0 radical (unpaired) electrons. The van der Waals surface area contributed by atoms with E-state index in [9.17, 15) is 24.0 Å². The number of allylic oxidation sites excluding steroid dienone is 1. The predicted molar refractivity (Wildman–Crippen MR) is 305 cm³/mol. The van der Waals surface area contributed by atoms with Crippen molar-refractivity contribution in [3.63, 3.8) is 0 Å². The van der Waals surface area contributed by atoms with Crippen LogP contribution in [0.3, 0.4) is 0 Å². The van der Waals surface area contributed by atoms with Gasteiger partial charge in [0.25, 0.3) is 0 Å². The van der Waals surface area contributed by atoms with Crippen molar-refractivity contribution in [1.82, 2.24) is 10.2 Å². The monoisotopic (exact) mass is 1060 g/mol. The van der Waals surface area contributed by atoms with Gasteiger partial charge in [-0.05, 0) is 103 Å². The highest BCUT2D eigenvalue weighted by Crippen LogP contribution is 2.49. The van der Waals surface area contributed by atoms with E-state index in [0.717, 1.165) is 44.5 Å². The molecule has 0 unspecified atom stereocenters. The molecule has 5 aromatic carbocycles. The van der Waals surface area contributed by atoms with Crippen LogP contribution in [0.2, 0.25) is 0 Å². The second kappa shape index (κ2) is 26.4. The van der Waals surface area contributed by atoms with Crippen LogP contribution in [-0.4, -0.2) is 84.6 Å². The number of benzene rings is 5. The van der Waals surface area contributed by atoms with Crippen molar-refractivity contribution in [3.05, 3.63) is 191 Å². The number of rotatable bonds is 22. The molecular formula is C65H76N2O9S. The molecule has 1 aliphatic carbocycles. The smallest absolute Gasteiger partial charge is 0.410 e. The van der Waals surface area contributed by atoms with E-state index in [0.29, 0.717) is 37.1 Å². The van der Waals surface area contributed by atoms with Gasteiger partial charge in [0.2, 0.25) is 5.91 Å². The number of fused-ring (bicyclic) bond motifs is 3. The molecule has 1 heterocycles. The third-order valence-corrected chi connectivity index (χ3v) is 16.4. The number of nitrogens with zero attached hydrogens (tertiary/aromatic N) is 1. The summed E-state index contributed by atoms with van der Waals surface area (Å²) in [5.41, 5.74) is 8.46. The number of likely N-dealkylation sites (tertiary alicyclic amines) is 1. The van der Waals surface area contributed by atoms with Gasteiger partial charge in [0.1, 0.15) is 31.5 Å². The maximum absolute atomic E-state index is 14.7. The molecule has 406 valence electrons. The van der Waals surface area contributed by atoms with Crippen LogP contribution in [0.15, 0.2) is 163 Å². The molecule has 5 aromatic rings. The Morgan fingerprint density at radius 3 is 1.75 bits per heavy atom. The molecule has 0 saturated carbocycles. The predicted octanol–water partition coefficient (Wildman–Crippen LogP) is 13.0. The highest BCUT2D eigenvalue weighted by molar-refractivity contribution is 8.00. The lowest BCUT2D eigenvalue weighted by Crippen LogP contribution is -2.45. The first kappa shape index (κ1) is 57.8. The number of ether oxygens (including phenoxy) is 4. The van der Waals surface area contributed by atoms with Gasteiger partial charge in [-0.1, -0.05) is 186 Å². The highest BCUT2D eigenvalue weighted by Gasteiger charge is 2.42. The Labute approximate surface area is 460 Å². The van der Waals surface area contributed by atoms with Crippen LogP contribution in [-0.2, 0) is 42.9 Å². The summed E-state index contributed by atoms with van der Waals surface area (Å²) in [5.74, 6) is -2.69. The molecule has 0 spiro atoms. The largest absolute Gasteiger partial charge is 0.462 e. The normalized spacial score (nSPS) is 16.4. The van der Waals surface area contributed by atoms with Crippen LogP contribution < -0.4 is 5.32 Å². The van der Waals surface area contributed by atoms with Crippen LogP contribution >= 0.6 is 11.8 Å². The van der Waals surface area contributed by atoms with Crippen molar-refractivity contribution in [1.29, 1.82) is 0 Å². The maximum atomic E-state index is 14.7. The van der Waals surface area contributed by atoms with E-state index in [2.05, 4.69) is 66.0 Å². The number of carbonyl (C=O) groups is 5. The minimum atomic E-state index is -0.845. The van der Waals surface area contributed by atoms with Gasteiger partial charge in [-0.3, -0.25) is 14.5 Å². The van der Waals surface area contributed by atoms with E-state index < -0.39 is 64.4 Å². The van der Waals surface area contributed by atoms with Gasteiger partial charge in [0, 0.05) is 30.7 Å².